The topological polar surface area (TPSA) is 46.7 Å². The molecule has 0 fully saturated rings. The van der Waals surface area contributed by atoms with Gasteiger partial charge in [0.1, 0.15) is 11.6 Å². The van der Waals surface area contributed by atoms with Gasteiger partial charge in [0.05, 0.1) is 11.2 Å². The molecule has 1 aliphatic rings. The molecule has 0 radical (unpaired) electrons. The second-order valence-corrected chi connectivity index (χ2v) is 6.88. The second-order valence-electron chi connectivity index (χ2n) is 6.49. The number of nitrogens with zero attached hydrogens (tertiary/aromatic N) is 1. The van der Waals surface area contributed by atoms with Crippen molar-refractivity contribution in [2.45, 2.75) is 44.7 Å². The minimum atomic E-state index is -0.541. The molecule has 0 saturated heterocycles. The van der Waals surface area contributed by atoms with Gasteiger partial charge in [0.25, 0.3) is 0 Å². The van der Waals surface area contributed by atoms with Crippen LogP contribution in [0.5, 0.6) is 0 Å². The summed E-state index contributed by atoms with van der Waals surface area (Å²) < 4.78 is 29.9. The van der Waals surface area contributed by atoms with Crippen molar-refractivity contribution in [3.63, 3.8) is 0 Å². The highest BCUT2D eigenvalue weighted by Gasteiger charge is 2.28. The molecule has 22 heavy (non-hydrogen) atoms. The van der Waals surface area contributed by atoms with Gasteiger partial charge in [-0.2, -0.15) is 0 Å². The minimum Gasteiger partial charge on any atom is -0.337 e. The maximum atomic E-state index is 13.9. The number of halogens is 2. The monoisotopic (exact) mass is 323 g/mol. The van der Waals surface area contributed by atoms with E-state index < -0.39 is 17.2 Å². The number of H-pyrrole nitrogens is 1. The number of rotatable bonds is 2. The van der Waals surface area contributed by atoms with Crippen LogP contribution in [0.1, 0.15) is 43.1 Å². The Hall–Kier alpha value is -1.53. The molecule has 118 valence electrons. The molecular formula is C16H19F2N3S. The summed E-state index contributed by atoms with van der Waals surface area (Å²) in [7, 11) is 0. The zero-order valence-electron chi connectivity index (χ0n) is 12.6. The molecule has 3 rings (SSSR count). The molecular weight excluding hydrogens is 304 g/mol. The summed E-state index contributed by atoms with van der Waals surface area (Å²) in [5.74, 6) is -0.987. The van der Waals surface area contributed by atoms with Crippen molar-refractivity contribution >= 4 is 12.2 Å². The first kappa shape index (κ1) is 15.4. The molecule has 0 spiro atoms. The van der Waals surface area contributed by atoms with Crippen molar-refractivity contribution in [3.05, 3.63) is 51.6 Å². The van der Waals surface area contributed by atoms with Gasteiger partial charge in [-0.1, -0.05) is 0 Å². The first-order valence-electron chi connectivity index (χ1n) is 7.33. The van der Waals surface area contributed by atoms with Crippen LogP contribution in [0.25, 0.3) is 0 Å². The zero-order valence-corrected chi connectivity index (χ0v) is 13.4. The van der Waals surface area contributed by atoms with Crippen molar-refractivity contribution in [1.29, 1.82) is 0 Å². The van der Waals surface area contributed by atoms with Crippen LogP contribution in [0.3, 0.4) is 0 Å². The fourth-order valence-electron chi connectivity index (χ4n) is 3.24. The van der Waals surface area contributed by atoms with Crippen LogP contribution < -0.4 is 5.73 Å². The number of aromatic amines is 1. The third kappa shape index (κ3) is 2.61. The maximum absolute atomic E-state index is 13.9. The Kier molecular flexibility index (Phi) is 3.69. The van der Waals surface area contributed by atoms with Gasteiger partial charge >= 0.3 is 0 Å². The number of benzene rings is 1. The van der Waals surface area contributed by atoms with Crippen molar-refractivity contribution in [2.24, 2.45) is 5.73 Å². The number of imidazole rings is 1. The van der Waals surface area contributed by atoms with E-state index in [9.17, 15) is 8.78 Å². The molecule has 3 nitrogen and oxygen atoms in total. The van der Waals surface area contributed by atoms with Gasteiger partial charge in [-0.15, -0.1) is 0 Å². The Morgan fingerprint density at radius 1 is 1.36 bits per heavy atom. The van der Waals surface area contributed by atoms with Gasteiger partial charge in [0.2, 0.25) is 0 Å². The standard InChI is InChI=1S/C16H19F2N3S/c1-16(2,19)14-8-20-15(22)21(14)11-3-4-12-9(6-11)5-10(17)7-13(12)18/h5,7-8,11H,3-4,6,19H2,1-2H3,(H,20,22)/t11-/m0/s1. The smallest absolute Gasteiger partial charge is 0.177 e. The summed E-state index contributed by atoms with van der Waals surface area (Å²) >= 11 is 5.38. The summed E-state index contributed by atoms with van der Waals surface area (Å²) in [6.45, 7) is 3.83. The first-order valence-corrected chi connectivity index (χ1v) is 7.74. The van der Waals surface area contributed by atoms with Crippen LogP contribution in [0.4, 0.5) is 8.78 Å². The summed E-state index contributed by atoms with van der Waals surface area (Å²) in [5, 5.41) is 0. The van der Waals surface area contributed by atoms with Gasteiger partial charge in [-0.05, 0) is 62.5 Å². The van der Waals surface area contributed by atoms with Gasteiger partial charge in [-0.3, -0.25) is 0 Å². The lowest BCUT2D eigenvalue weighted by molar-refractivity contribution is 0.386. The van der Waals surface area contributed by atoms with E-state index in [1.807, 2.05) is 24.6 Å². The Morgan fingerprint density at radius 3 is 2.77 bits per heavy atom. The van der Waals surface area contributed by atoms with Crippen molar-refractivity contribution in [3.8, 4) is 0 Å². The second kappa shape index (κ2) is 5.28. The summed E-state index contributed by atoms with van der Waals surface area (Å²) in [4.78, 5) is 3.04. The number of nitrogens with one attached hydrogen (secondary N) is 1. The largest absolute Gasteiger partial charge is 0.337 e. The lowest BCUT2D eigenvalue weighted by atomic mass is 9.87. The fraction of sp³-hybridized carbons (Fsp3) is 0.438. The van der Waals surface area contributed by atoms with E-state index in [0.717, 1.165) is 23.7 Å². The predicted octanol–water partition coefficient (Wildman–Crippen LogP) is 3.75. The lowest BCUT2D eigenvalue weighted by Crippen LogP contribution is -2.34. The molecule has 0 amide bonds. The molecule has 1 aliphatic carbocycles. The molecule has 1 atom stereocenters. The fourth-order valence-corrected chi connectivity index (χ4v) is 3.55. The Labute approximate surface area is 133 Å². The van der Waals surface area contributed by atoms with E-state index in [0.29, 0.717) is 23.2 Å². The third-order valence-electron chi connectivity index (χ3n) is 4.27. The quantitative estimate of drug-likeness (QED) is 0.827. The lowest BCUT2D eigenvalue weighted by Gasteiger charge is -2.30. The van der Waals surface area contributed by atoms with Gasteiger partial charge < -0.3 is 15.3 Å². The molecule has 0 aliphatic heterocycles. The third-order valence-corrected chi connectivity index (χ3v) is 4.59. The highest BCUT2D eigenvalue weighted by atomic mass is 32.1. The summed E-state index contributed by atoms with van der Waals surface area (Å²) in [6.07, 6.45) is 3.71. The predicted molar refractivity (Wildman–Crippen MR) is 84.3 cm³/mol. The molecule has 2 aromatic rings. The summed E-state index contributed by atoms with van der Waals surface area (Å²) in [6, 6.07) is 2.44. The van der Waals surface area contributed by atoms with Gasteiger partial charge in [-0.25, -0.2) is 8.78 Å². The summed E-state index contributed by atoms with van der Waals surface area (Å²) in [5.41, 5.74) is 7.92. The zero-order chi connectivity index (χ0) is 16.1. The Balaban J connectivity index is 2.03. The van der Waals surface area contributed by atoms with Crippen LogP contribution in [-0.2, 0) is 18.4 Å². The first-order chi connectivity index (χ1) is 10.3. The number of hydrogen-bond acceptors (Lipinski definition) is 2. The number of fused-ring (bicyclic) bond motifs is 1. The molecule has 1 aromatic heterocycles. The van der Waals surface area contributed by atoms with E-state index in [-0.39, 0.29) is 6.04 Å². The van der Waals surface area contributed by atoms with E-state index in [1.165, 1.54) is 6.07 Å². The minimum absolute atomic E-state index is 0.0604. The molecule has 6 heteroatoms. The maximum Gasteiger partial charge on any atom is 0.177 e. The SMILES string of the molecule is CC(C)(N)c1c[nH]c(=S)n1[C@H]1CCc2c(F)cc(F)cc2C1. The van der Waals surface area contributed by atoms with Crippen LogP contribution >= 0.6 is 12.2 Å². The number of aromatic nitrogens is 2. The highest BCUT2D eigenvalue weighted by Crippen LogP contribution is 2.33. The molecule has 0 saturated carbocycles. The van der Waals surface area contributed by atoms with Crippen LogP contribution in [0.15, 0.2) is 18.3 Å². The van der Waals surface area contributed by atoms with Crippen molar-refractivity contribution < 1.29 is 8.78 Å². The van der Waals surface area contributed by atoms with Crippen LogP contribution in [-0.4, -0.2) is 9.55 Å². The van der Waals surface area contributed by atoms with E-state index in [1.54, 1.807) is 0 Å². The van der Waals surface area contributed by atoms with E-state index in [4.69, 9.17) is 18.0 Å². The van der Waals surface area contributed by atoms with Crippen LogP contribution in [0.2, 0.25) is 0 Å². The van der Waals surface area contributed by atoms with E-state index in [2.05, 4.69) is 4.98 Å². The van der Waals surface area contributed by atoms with Crippen LogP contribution in [0, 0.1) is 16.4 Å². The number of nitrogens with two attached hydrogens (primary N) is 1. The van der Waals surface area contributed by atoms with Crippen molar-refractivity contribution in [2.75, 3.05) is 0 Å². The van der Waals surface area contributed by atoms with Gasteiger partial charge in [0, 0.05) is 18.3 Å². The molecule has 1 aromatic carbocycles. The molecule has 0 bridgehead atoms. The Morgan fingerprint density at radius 2 is 2.09 bits per heavy atom. The Bertz CT molecular complexity index is 771. The highest BCUT2D eigenvalue weighted by molar-refractivity contribution is 7.71. The average molecular weight is 323 g/mol. The molecule has 3 N–H and O–H groups in total. The number of hydrogen-bond donors (Lipinski definition) is 2. The van der Waals surface area contributed by atoms with Crippen molar-refractivity contribution in [1.82, 2.24) is 9.55 Å². The molecule has 1 heterocycles. The normalized spacial score (nSPS) is 18.3. The van der Waals surface area contributed by atoms with E-state index >= 15 is 0 Å². The molecule has 0 unspecified atom stereocenters. The average Bonchev–Trinajstić information content (AvgIpc) is 2.79. The van der Waals surface area contributed by atoms with Gasteiger partial charge in [0.15, 0.2) is 4.77 Å².